The van der Waals surface area contributed by atoms with E-state index in [0.717, 1.165) is 26.1 Å². The van der Waals surface area contributed by atoms with Crippen LogP contribution in [-0.4, -0.2) is 39.5 Å². The third kappa shape index (κ3) is 5.23. The Kier molecular flexibility index (Phi) is 6.68. The molecule has 0 aromatic heterocycles. The van der Waals surface area contributed by atoms with Gasteiger partial charge in [-0.25, -0.2) is 13.1 Å². The minimum absolute atomic E-state index is 0.273. The molecule has 22 heavy (non-hydrogen) atoms. The first kappa shape index (κ1) is 17.7. The first-order valence-electron chi connectivity index (χ1n) is 7.97. The molecule has 1 aliphatic heterocycles. The van der Waals surface area contributed by atoms with E-state index in [9.17, 15) is 8.42 Å². The monoisotopic (exact) mass is 344 g/mol. The molecule has 4 nitrogen and oxygen atoms in total. The van der Waals surface area contributed by atoms with Crippen LogP contribution in [0.2, 0.25) is 5.02 Å². The molecule has 0 saturated carbocycles. The molecule has 0 bridgehead atoms. The average molecular weight is 345 g/mol. The first-order chi connectivity index (χ1) is 10.5. The van der Waals surface area contributed by atoms with Gasteiger partial charge in [-0.15, -0.1) is 0 Å². The second kappa shape index (κ2) is 8.29. The van der Waals surface area contributed by atoms with Gasteiger partial charge in [0.15, 0.2) is 0 Å². The Bertz CT molecular complexity index is 582. The van der Waals surface area contributed by atoms with Crippen LogP contribution < -0.4 is 4.72 Å². The van der Waals surface area contributed by atoms with Crippen LogP contribution in [0.5, 0.6) is 0 Å². The lowest BCUT2D eigenvalue weighted by Gasteiger charge is -2.19. The third-order valence-corrected chi connectivity index (χ3v) is 5.92. The van der Waals surface area contributed by atoms with Crippen LogP contribution in [0.25, 0.3) is 0 Å². The van der Waals surface area contributed by atoms with Crippen LogP contribution in [-0.2, 0) is 10.0 Å². The van der Waals surface area contributed by atoms with Crippen molar-refractivity contribution in [2.75, 3.05) is 26.2 Å². The maximum atomic E-state index is 12.3. The van der Waals surface area contributed by atoms with E-state index in [2.05, 4.69) is 9.62 Å². The number of aryl methyl sites for hydroxylation is 1. The minimum atomic E-state index is -3.48. The SMILES string of the molecule is Cc1ccc(Cl)cc1S(=O)(=O)NCCCN1CCCCCC1. The van der Waals surface area contributed by atoms with Gasteiger partial charge in [-0.2, -0.15) is 0 Å². The quantitative estimate of drug-likeness (QED) is 0.806. The van der Waals surface area contributed by atoms with E-state index in [1.54, 1.807) is 19.1 Å². The van der Waals surface area contributed by atoms with E-state index in [4.69, 9.17) is 11.6 Å². The number of likely N-dealkylation sites (tertiary alicyclic amines) is 1. The van der Waals surface area contributed by atoms with Crippen molar-refractivity contribution < 1.29 is 8.42 Å². The van der Waals surface area contributed by atoms with Crippen molar-refractivity contribution in [1.29, 1.82) is 0 Å². The highest BCUT2D eigenvalue weighted by Crippen LogP contribution is 2.19. The summed E-state index contributed by atoms with van der Waals surface area (Å²) in [5, 5.41) is 0.440. The third-order valence-electron chi connectivity index (χ3n) is 4.08. The topological polar surface area (TPSA) is 49.4 Å². The molecule has 0 atom stereocenters. The number of nitrogens with zero attached hydrogens (tertiary/aromatic N) is 1. The van der Waals surface area contributed by atoms with Gasteiger partial charge >= 0.3 is 0 Å². The molecular formula is C16H25ClN2O2S. The number of halogens is 1. The summed E-state index contributed by atoms with van der Waals surface area (Å²) >= 11 is 5.90. The fraction of sp³-hybridized carbons (Fsp3) is 0.625. The summed E-state index contributed by atoms with van der Waals surface area (Å²) in [5.74, 6) is 0. The molecule has 124 valence electrons. The Morgan fingerprint density at radius 1 is 1.18 bits per heavy atom. The van der Waals surface area contributed by atoms with E-state index >= 15 is 0 Å². The van der Waals surface area contributed by atoms with Crippen molar-refractivity contribution in [1.82, 2.24) is 9.62 Å². The van der Waals surface area contributed by atoms with Crippen LogP contribution in [0.1, 0.15) is 37.7 Å². The zero-order chi connectivity index (χ0) is 16.0. The molecule has 1 aliphatic rings. The number of benzene rings is 1. The fourth-order valence-corrected chi connectivity index (χ4v) is 4.39. The van der Waals surface area contributed by atoms with Crippen molar-refractivity contribution in [3.05, 3.63) is 28.8 Å². The molecule has 1 aromatic rings. The highest BCUT2D eigenvalue weighted by molar-refractivity contribution is 7.89. The zero-order valence-corrected chi connectivity index (χ0v) is 14.7. The van der Waals surface area contributed by atoms with Crippen molar-refractivity contribution in [2.24, 2.45) is 0 Å². The van der Waals surface area contributed by atoms with Crippen molar-refractivity contribution >= 4 is 21.6 Å². The van der Waals surface area contributed by atoms with Crippen LogP contribution in [0.3, 0.4) is 0 Å². The van der Waals surface area contributed by atoms with E-state index in [1.807, 2.05) is 0 Å². The highest BCUT2D eigenvalue weighted by atomic mass is 35.5. The zero-order valence-electron chi connectivity index (χ0n) is 13.1. The minimum Gasteiger partial charge on any atom is -0.303 e. The van der Waals surface area contributed by atoms with E-state index < -0.39 is 10.0 Å². The van der Waals surface area contributed by atoms with Gasteiger partial charge in [0.2, 0.25) is 10.0 Å². The molecule has 1 saturated heterocycles. The predicted molar refractivity (Wildman–Crippen MR) is 90.9 cm³/mol. The second-order valence-electron chi connectivity index (χ2n) is 5.92. The Labute approximate surface area is 138 Å². The summed E-state index contributed by atoms with van der Waals surface area (Å²) in [6, 6.07) is 4.94. The van der Waals surface area contributed by atoms with Gasteiger partial charge in [0.1, 0.15) is 0 Å². The van der Waals surface area contributed by atoms with Crippen LogP contribution >= 0.6 is 11.6 Å². The summed E-state index contributed by atoms with van der Waals surface area (Å²) in [5.41, 5.74) is 0.712. The maximum Gasteiger partial charge on any atom is 0.240 e. The van der Waals surface area contributed by atoms with Gasteiger partial charge in [-0.3, -0.25) is 0 Å². The number of hydrogen-bond donors (Lipinski definition) is 1. The fourth-order valence-electron chi connectivity index (χ4n) is 2.81. The Morgan fingerprint density at radius 2 is 1.86 bits per heavy atom. The van der Waals surface area contributed by atoms with Gasteiger partial charge in [0.05, 0.1) is 4.90 Å². The van der Waals surface area contributed by atoms with Gasteiger partial charge in [-0.1, -0.05) is 30.5 Å². The van der Waals surface area contributed by atoms with Crippen molar-refractivity contribution in [3.63, 3.8) is 0 Å². The number of rotatable bonds is 6. The highest BCUT2D eigenvalue weighted by Gasteiger charge is 2.17. The molecular weight excluding hydrogens is 320 g/mol. The summed E-state index contributed by atoms with van der Waals surface area (Å²) in [4.78, 5) is 2.71. The number of nitrogens with one attached hydrogen (secondary N) is 1. The van der Waals surface area contributed by atoms with Gasteiger partial charge in [0, 0.05) is 11.6 Å². The predicted octanol–water partition coefficient (Wildman–Crippen LogP) is 3.19. The molecule has 0 radical (unpaired) electrons. The molecule has 2 rings (SSSR count). The van der Waals surface area contributed by atoms with Crippen molar-refractivity contribution in [2.45, 2.75) is 43.9 Å². The molecule has 1 fully saturated rings. The number of hydrogen-bond acceptors (Lipinski definition) is 3. The van der Waals surface area contributed by atoms with Gasteiger partial charge in [0.25, 0.3) is 0 Å². The lowest BCUT2D eigenvalue weighted by atomic mass is 10.2. The van der Waals surface area contributed by atoms with Crippen molar-refractivity contribution in [3.8, 4) is 0 Å². The number of sulfonamides is 1. The molecule has 1 N–H and O–H groups in total. The smallest absolute Gasteiger partial charge is 0.240 e. The molecule has 1 aromatic carbocycles. The van der Waals surface area contributed by atoms with E-state index in [-0.39, 0.29) is 4.90 Å². The summed E-state index contributed by atoms with van der Waals surface area (Å²) in [6.45, 7) is 5.48. The summed E-state index contributed by atoms with van der Waals surface area (Å²) in [7, 11) is -3.48. The molecule has 1 heterocycles. The normalized spacial score (nSPS) is 17.4. The largest absolute Gasteiger partial charge is 0.303 e. The van der Waals surface area contributed by atoms with Crippen LogP contribution in [0.15, 0.2) is 23.1 Å². The molecule has 0 amide bonds. The second-order valence-corrected chi connectivity index (χ2v) is 8.09. The van der Waals surface area contributed by atoms with Crippen LogP contribution in [0.4, 0.5) is 0 Å². The van der Waals surface area contributed by atoms with Gasteiger partial charge in [-0.05, 0) is 63.5 Å². The lowest BCUT2D eigenvalue weighted by Crippen LogP contribution is -2.31. The molecule has 0 unspecified atom stereocenters. The molecule has 6 heteroatoms. The lowest BCUT2D eigenvalue weighted by molar-refractivity contribution is 0.282. The van der Waals surface area contributed by atoms with Crippen LogP contribution in [0, 0.1) is 6.92 Å². The van der Waals surface area contributed by atoms with E-state index in [1.165, 1.54) is 31.7 Å². The average Bonchev–Trinajstić information content (AvgIpc) is 2.75. The summed E-state index contributed by atoms with van der Waals surface area (Å²) in [6.07, 6.45) is 5.98. The Balaban J connectivity index is 1.83. The molecule has 0 spiro atoms. The molecule has 0 aliphatic carbocycles. The maximum absolute atomic E-state index is 12.3. The van der Waals surface area contributed by atoms with Gasteiger partial charge < -0.3 is 4.90 Å². The summed E-state index contributed by atoms with van der Waals surface area (Å²) < 4.78 is 27.3. The Morgan fingerprint density at radius 3 is 2.55 bits per heavy atom. The van der Waals surface area contributed by atoms with E-state index in [0.29, 0.717) is 17.1 Å². The standard InChI is InChI=1S/C16H25ClN2O2S/c1-14-7-8-15(17)13-16(14)22(20,21)18-9-6-12-19-10-4-2-3-5-11-19/h7-8,13,18H,2-6,9-12H2,1H3. The Hall–Kier alpha value is -0.620. The first-order valence-corrected chi connectivity index (χ1v) is 9.83.